The third-order valence-electron chi connectivity index (χ3n) is 3.77. The Kier molecular flexibility index (Phi) is 4.01. The molecule has 0 spiro atoms. The summed E-state index contributed by atoms with van der Waals surface area (Å²) >= 11 is 0. The van der Waals surface area contributed by atoms with Gasteiger partial charge >= 0.3 is 5.97 Å². The Morgan fingerprint density at radius 2 is 2.44 bits per heavy atom. The van der Waals surface area contributed by atoms with Crippen molar-refractivity contribution in [2.75, 3.05) is 13.1 Å². The summed E-state index contributed by atoms with van der Waals surface area (Å²) in [5, 5.41) is 13.1. The molecule has 0 aromatic carbocycles. The second-order valence-electron chi connectivity index (χ2n) is 5.22. The first-order valence-corrected chi connectivity index (χ1v) is 6.50. The predicted molar refractivity (Wildman–Crippen MR) is 68.2 cm³/mol. The number of rotatable bonds is 4. The lowest BCUT2D eigenvalue weighted by Gasteiger charge is -2.36. The average molecular weight is 251 g/mol. The minimum absolute atomic E-state index is 0.287. The van der Waals surface area contributed by atoms with Gasteiger partial charge in [-0.25, -0.2) is 0 Å². The van der Waals surface area contributed by atoms with Gasteiger partial charge in [-0.05, 0) is 32.2 Å². The van der Waals surface area contributed by atoms with Gasteiger partial charge in [-0.2, -0.15) is 5.10 Å². The van der Waals surface area contributed by atoms with Crippen molar-refractivity contribution in [3.63, 3.8) is 0 Å². The van der Waals surface area contributed by atoms with Crippen LogP contribution in [0, 0.1) is 5.92 Å². The van der Waals surface area contributed by atoms with Gasteiger partial charge in [0, 0.05) is 37.8 Å². The molecule has 2 heterocycles. The highest BCUT2D eigenvalue weighted by molar-refractivity contribution is 5.67. The molecule has 1 aliphatic rings. The molecule has 0 saturated carbocycles. The number of carbonyl (C=O) groups is 1. The molecule has 0 bridgehead atoms. The Hall–Kier alpha value is -1.36. The van der Waals surface area contributed by atoms with E-state index >= 15 is 0 Å². The summed E-state index contributed by atoms with van der Waals surface area (Å²) in [6.07, 6.45) is 6.33. The Morgan fingerprint density at radius 3 is 3.06 bits per heavy atom. The maximum Gasteiger partial charge on any atom is 0.303 e. The summed E-state index contributed by atoms with van der Waals surface area (Å²) in [6.45, 7) is 4.09. The number of hydrogen-bond acceptors (Lipinski definition) is 3. The van der Waals surface area contributed by atoms with Gasteiger partial charge in [-0.1, -0.05) is 0 Å². The quantitative estimate of drug-likeness (QED) is 0.884. The molecule has 100 valence electrons. The average Bonchev–Trinajstić information content (AvgIpc) is 2.74. The zero-order chi connectivity index (χ0) is 13.1. The molecule has 1 fully saturated rings. The van der Waals surface area contributed by atoms with Crippen LogP contribution in [0.5, 0.6) is 0 Å². The van der Waals surface area contributed by atoms with Crippen LogP contribution in [-0.4, -0.2) is 38.8 Å². The van der Waals surface area contributed by atoms with Crippen LogP contribution in [0.25, 0.3) is 0 Å². The van der Waals surface area contributed by atoms with Crippen molar-refractivity contribution >= 4 is 5.97 Å². The van der Waals surface area contributed by atoms with Gasteiger partial charge in [0.05, 0.1) is 6.20 Å². The van der Waals surface area contributed by atoms with Crippen molar-refractivity contribution in [2.45, 2.75) is 32.2 Å². The minimum Gasteiger partial charge on any atom is -0.481 e. The van der Waals surface area contributed by atoms with Gasteiger partial charge in [0.1, 0.15) is 0 Å². The number of hydrogen-bond donors (Lipinski definition) is 1. The summed E-state index contributed by atoms with van der Waals surface area (Å²) in [5.41, 5.74) is 1.20. The molecule has 1 aliphatic heterocycles. The van der Waals surface area contributed by atoms with Crippen molar-refractivity contribution in [1.29, 1.82) is 0 Å². The van der Waals surface area contributed by atoms with Gasteiger partial charge in [0.15, 0.2) is 0 Å². The van der Waals surface area contributed by atoms with Crippen molar-refractivity contribution in [2.24, 2.45) is 13.0 Å². The molecule has 0 radical (unpaired) electrons. The Labute approximate surface area is 107 Å². The highest BCUT2D eigenvalue weighted by Crippen LogP contribution is 2.27. The summed E-state index contributed by atoms with van der Waals surface area (Å²) in [7, 11) is 1.92. The maximum atomic E-state index is 10.8. The topological polar surface area (TPSA) is 58.4 Å². The molecule has 5 heteroatoms. The first-order valence-electron chi connectivity index (χ1n) is 6.50. The predicted octanol–water partition coefficient (Wildman–Crippen LogP) is 1.67. The largest absolute Gasteiger partial charge is 0.481 e. The molecule has 1 N–H and O–H groups in total. The fourth-order valence-electron chi connectivity index (χ4n) is 2.73. The molecule has 5 nitrogen and oxygen atoms in total. The first-order chi connectivity index (χ1) is 8.56. The molecule has 1 aromatic rings. The molecule has 1 saturated heterocycles. The van der Waals surface area contributed by atoms with Crippen molar-refractivity contribution in [3.8, 4) is 0 Å². The number of likely N-dealkylation sites (tertiary alicyclic amines) is 1. The van der Waals surface area contributed by atoms with Crippen LogP contribution in [0.4, 0.5) is 0 Å². The Morgan fingerprint density at radius 1 is 1.67 bits per heavy atom. The molecule has 2 unspecified atom stereocenters. The second kappa shape index (κ2) is 5.52. The SMILES string of the molecule is CC(c1cnn(C)c1)N1CCCC(CC(=O)O)C1. The zero-order valence-corrected chi connectivity index (χ0v) is 11.0. The van der Waals surface area contributed by atoms with Crippen LogP contribution < -0.4 is 0 Å². The molecule has 1 aromatic heterocycles. The highest BCUT2D eigenvalue weighted by atomic mass is 16.4. The monoisotopic (exact) mass is 251 g/mol. The molecular weight excluding hydrogens is 230 g/mol. The van der Waals surface area contributed by atoms with E-state index in [4.69, 9.17) is 5.11 Å². The highest BCUT2D eigenvalue weighted by Gasteiger charge is 2.26. The van der Waals surface area contributed by atoms with Crippen molar-refractivity contribution in [1.82, 2.24) is 14.7 Å². The molecule has 0 aliphatic carbocycles. The van der Waals surface area contributed by atoms with Crippen LogP contribution >= 0.6 is 0 Å². The van der Waals surface area contributed by atoms with E-state index in [1.54, 1.807) is 0 Å². The number of carboxylic acids is 1. The number of aromatic nitrogens is 2. The van der Waals surface area contributed by atoms with Crippen LogP contribution in [0.3, 0.4) is 0 Å². The van der Waals surface area contributed by atoms with E-state index in [1.165, 1.54) is 5.56 Å². The van der Waals surface area contributed by atoms with E-state index in [-0.39, 0.29) is 12.3 Å². The van der Waals surface area contributed by atoms with E-state index < -0.39 is 5.97 Å². The molecular formula is C13H21N3O2. The summed E-state index contributed by atoms with van der Waals surface area (Å²) in [4.78, 5) is 13.2. The van der Waals surface area contributed by atoms with E-state index in [0.29, 0.717) is 6.04 Å². The lowest BCUT2D eigenvalue weighted by atomic mass is 9.93. The lowest BCUT2D eigenvalue weighted by molar-refractivity contribution is -0.138. The Balaban J connectivity index is 1.97. The zero-order valence-electron chi connectivity index (χ0n) is 11.0. The smallest absolute Gasteiger partial charge is 0.303 e. The number of aliphatic carboxylic acids is 1. The summed E-state index contributed by atoms with van der Waals surface area (Å²) < 4.78 is 1.81. The van der Waals surface area contributed by atoms with Gasteiger partial charge < -0.3 is 5.11 Å². The fourth-order valence-corrected chi connectivity index (χ4v) is 2.73. The standard InChI is InChI=1S/C13H21N3O2/c1-10(12-7-14-15(2)9-12)16-5-3-4-11(8-16)6-13(17)18/h7,9-11H,3-6,8H2,1-2H3,(H,17,18). The van der Waals surface area contributed by atoms with Crippen molar-refractivity contribution < 1.29 is 9.90 Å². The van der Waals surface area contributed by atoms with E-state index in [9.17, 15) is 4.79 Å². The van der Waals surface area contributed by atoms with Gasteiger partial charge in [-0.3, -0.25) is 14.4 Å². The van der Waals surface area contributed by atoms with E-state index in [2.05, 4.69) is 16.9 Å². The van der Waals surface area contributed by atoms with Crippen LogP contribution in [0.15, 0.2) is 12.4 Å². The molecule has 2 rings (SSSR count). The lowest BCUT2D eigenvalue weighted by Crippen LogP contribution is -2.37. The van der Waals surface area contributed by atoms with E-state index in [1.807, 2.05) is 24.1 Å². The third-order valence-corrected chi connectivity index (χ3v) is 3.77. The van der Waals surface area contributed by atoms with Crippen LogP contribution in [-0.2, 0) is 11.8 Å². The van der Waals surface area contributed by atoms with Gasteiger partial charge in [-0.15, -0.1) is 0 Å². The second-order valence-corrected chi connectivity index (χ2v) is 5.22. The number of piperidine rings is 1. The van der Waals surface area contributed by atoms with Crippen LogP contribution in [0.2, 0.25) is 0 Å². The number of aryl methyl sites for hydroxylation is 1. The van der Waals surface area contributed by atoms with Gasteiger partial charge in [0.2, 0.25) is 0 Å². The van der Waals surface area contributed by atoms with Gasteiger partial charge in [0.25, 0.3) is 0 Å². The molecule has 2 atom stereocenters. The fraction of sp³-hybridized carbons (Fsp3) is 0.692. The van der Waals surface area contributed by atoms with Crippen LogP contribution in [0.1, 0.15) is 37.8 Å². The maximum absolute atomic E-state index is 10.8. The molecule has 0 amide bonds. The number of nitrogens with zero attached hydrogens (tertiary/aromatic N) is 3. The minimum atomic E-state index is -0.684. The Bertz CT molecular complexity index is 416. The molecule has 18 heavy (non-hydrogen) atoms. The third kappa shape index (κ3) is 3.10. The number of carboxylic acid groups (broad SMARTS) is 1. The summed E-state index contributed by atoms with van der Waals surface area (Å²) in [6, 6.07) is 0.315. The first kappa shape index (κ1) is 13.1. The normalized spacial score (nSPS) is 22.9. The van der Waals surface area contributed by atoms with E-state index in [0.717, 1.165) is 25.9 Å². The summed E-state index contributed by atoms with van der Waals surface area (Å²) in [5.74, 6) is -0.397. The van der Waals surface area contributed by atoms with Crippen molar-refractivity contribution in [3.05, 3.63) is 18.0 Å².